The van der Waals surface area contributed by atoms with Crippen LogP contribution in [0.2, 0.25) is 0 Å². The molecule has 0 unspecified atom stereocenters. The third-order valence-corrected chi connectivity index (χ3v) is 4.20. The number of nitrogens with zero attached hydrogens (tertiary/aromatic N) is 1. The van der Waals surface area contributed by atoms with E-state index in [2.05, 4.69) is 20.8 Å². The molecule has 1 aromatic carbocycles. The van der Waals surface area contributed by atoms with Crippen LogP contribution in [-0.2, 0) is 6.54 Å². The van der Waals surface area contributed by atoms with Gasteiger partial charge in [0.05, 0.1) is 18.7 Å². The summed E-state index contributed by atoms with van der Waals surface area (Å²) in [5.74, 6) is 1.73. The fourth-order valence-corrected chi connectivity index (χ4v) is 2.88. The van der Waals surface area contributed by atoms with E-state index in [1.807, 2.05) is 12.1 Å². The quantitative estimate of drug-likeness (QED) is 0.921. The molecule has 0 saturated carbocycles. The fraction of sp³-hybridized carbons (Fsp3) is 0.571. The molecule has 0 spiro atoms. The molecule has 1 heterocycles. The summed E-state index contributed by atoms with van der Waals surface area (Å²) in [4.78, 5) is 2.41. The molecule has 4 nitrogen and oxygen atoms in total. The molecule has 1 aliphatic heterocycles. The molecule has 0 radical (unpaired) electrons. The average Bonchev–Trinajstić information content (AvgIpc) is 2.42. The molecule has 1 aliphatic rings. The SMILES string of the molecule is COc1cc(CN2CCC(N)CC2)c(OC)cc1Br. The maximum atomic E-state index is 5.93. The van der Waals surface area contributed by atoms with E-state index in [1.165, 1.54) is 0 Å². The van der Waals surface area contributed by atoms with Crippen LogP contribution < -0.4 is 15.2 Å². The second-order valence-corrected chi connectivity index (χ2v) is 5.77. The van der Waals surface area contributed by atoms with E-state index in [9.17, 15) is 0 Å². The van der Waals surface area contributed by atoms with Gasteiger partial charge in [0.25, 0.3) is 0 Å². The molecule has 2 rings (SSSR count). The van der Waals surface area contributed by atoms with Crippen molar-refractivity contribution in [2.45, 2.75) is 25.4 Å². The maximum absolute atomic E-state index is 5.93. The van der Waals surface area contributed by atoms with Gasteiger partial charge in [0, 0.05) is 18.2 Å². The van der Waals surface area contributed by atoms with Gasteiger partial charge in [0.1, 0.15) is 11.5 Å². The number of piperidine rings is 1. The number of ether oxygens (including phenoxy) is 2. The largest absolute Gasteiger partial charge is 0.496 e. The van der Waals surface area contributed by atoms with Crippen LogP contribution >= 0.6 is 15.9 Å². The first-order chi connectivity index (χ1) is 9.13. The van der Waals surface area contributed by atoms with Crippen molar-refractivity contribution in [1.29, 1.82) is 0 Å². The first kappa shape index (κ1) is 14.6. The Labute approximate surface area is 123 Å². The number of methoxy groups -OCH3 is 2. The molecule has 2 N–H and O–H groups in total. The van der Waals surface area contributed by atoms with E-state index < -0.39 is 0 Å². The molecule has 0 amide bonds. The van der Waals surface area contributed by atoms with Crippen molar-refractivity contribution >= 4 is 15.9 Å². The minimum atomic E-state index is 0.359. The Balaban J connectivity index is 2.14. The van der Waals surface area contributed by atoms with Gasteiger partial charge >= 0.3 is 0 Å². The number of halogens is 1. The highest BCUT2D eigenvalue weighted by Gasteiger charge is 2.18. The zero-order valence-corrected chi connectivity index (χ0v) is 13.1. The highest BCUT2D eigenvalue weighted by atomic mass is 79.9. The zero-order valence-electron chi connectivity index (χ0n) is 11.5. The van der Waals surface area contributed by atoms with E-state index in [1.54, 1.807) is 14.2 Å². The molecule has 19 heavy (non-hydrogen) atoms. The van der Waals surface area contributed by atoms with Crippen molar-refractivity contribution in [2.24, 2.45) is 5.73 Å². The number of hydrogen-bond donors (Lipinski definition) is 1. The Morgan fingerprint density at radius 2 is 1.84 bits per heavy atom. The van der Waals surface area contributed by atoms with E-state index >= 15 is 0 Å². The molecule has 0 bridgehead atoms. The van der Waals surface area contributed by atoms with Crippen LogP contribution in [0.4, 0.5) is 0 Å². The van der Waals surface area contributed by atoms with Gasteiger partial charge < -0.3 is 15.2 Å². The van der Waals surface area contributed by atoms with Gasteiger partial charge in [-0.2, -0.15) is 0 Å². The molecule has 1 saturated heterocycles. The van der Waals surface area contributed by atoms with E-state index in [0.29, 0.717) is 6.04 Å². The predicted octanol–water partition coefficient (Wildman–Crippen LogP) is 2.39. The Morgan fingerprint density at radius 3 is 2.42 bits per heavy atom. The second kappa shape index (κ2) is 6.59. The molecule has 1 aromatic rings. The molecule has 0 aromatic heterocycles. The summed E-state index contributed by atoms with van der Waals surface area (Å²) in [5, 5.41) is 0. The van der Waals surface area contributed by atoms with Crippen LogP contribution in [0, 0.1) is 0 Å². The normalized spacial score (nSPS) is 17.5. The van der Waals surface area contributed by atoms with Gasteiger partial charge in [-0.15, -0.1) is 0 Å². The van der Waals surface area contributed by atoms with Gasteiger partial charge in [0.15, 0.2) is 0 Å². The standard InChI is InChI=1S/C14H21BrN2O2/c1-18-13-8-12(15)14(19-2)7-10(13)9-17-5-3-11(16)4-6-17/h7-8,11H,3-6,9,16H2,1-2H3. The van der Waals surface area contributed by atoms with E-state index in [0.717, 1.165) is 54.0 Å². The monoisotopic (exact) mass is 328 g/mol. The van der Waals surface area contributed by atoms with Crippen LogP contribution in [0.1, 0.15) is 18.4 Å². The minimum Gasteiger partial charge on any atom is -0.496 e. The lowest BCUT2D eigenvalue weighted by molar-refractivity contribution is 0.203. The second-order valence-electron chi connectivity index (χ2n) is 4.91. The summed E-state index contributed by atoms with van der Waals surface area (Å²) < 4.78 is 11.7. The Bertz CT molecular complexity index is 432. The lowest BCUT2D eigenvalue weighted by atomic mass is 10.0. The van der Waals surface area contributed by atoms with Crippen molar-refractivity contribution in [3.8, 4) is 11.5 Å². The van der Waals surface area contributed by atoms with Gasteiger partial charge in [-0.1, -0.05) is 0 Å². The third kappa shape index (κ3) is 3.61. The van der Waals surface area contributed by atoms with Gasteiger partial charge in [0.2, 0.25) is 0 Å². The molecular formula is C14H21BrN2O2. The number of benzene rings is 1. The summed E-state index contributed by atoms with van der Waals surface area (Å²) in [6.07, 6.45) is 2.13. The molecule has 106 valence electrons. The molecule has 0 aliphatic carbocycles. The zero-order chi connectivity index (χ0) is 13.8. The maximum Gasteiger partial charge on any atom is 0.133 e. The Kier molecular flexibility index (Phi) is 5.07. The molecular weight excluding hydrogens is 308 g/mol. The fourth-order valence-electron chi connectivity index (χ4n) is 2.40. The first-order valence-electron chi connectivity index (χ1n) is 6.52. The highest BCUT2D eigenvalue weighted by Crippen LogP contribution is 2.33. The van der Waals surface area contributed by atoms with Crippen LogP contribution in [-0.4, -0.2) is 38.3 Å². The van der Waals surface area contributed by atoms with Crippen LogP contribution in [0.3, 0.4) is 0 Å². The number of hydrogen-bond acceptors (Lipinski definition) is 4. The van der Waals surface area contributed by atoms with Crippen molar-refractivity contribution in [3.63, 3.8) is 0 Å². The number of nitrogens with two attached hydrogens (primary N) is 1. The molecule has 5 heteroatoms. The molecule has 0 atom stereocenters. The van der Waals surface area contributed by atoms with Gasteiger partial charge in [-0.05, 0) is 54.0 Å². The first-order valence-corrected chi connectivity index (χ1v) is 7.31. The van der Waals surface area contributed by atoms with Crippen molar-refractivity contribution in [3.05, 3.63) is 22.2 Å². The average molecular weight is 329 g/mol. The number of rotatable bonds is 4. The topological polar surface area (TPSA) is 47.7 Å². The van der Waals surface area contributed by atoms with Gasteiger partial charge in [-0.3, -0.25) is 4.90 Å². The molecule has 1 fully saturated rings. The van der Waals surface area contributed by atoms with Crippen LogP contribution in [0.25, 0.3) is 0 Å². The van der Waals surface area contributed by atoms with Gasteiger partial charge in [-0.25, -0.2) is 0 Å². The van der Waals surface area contributed by atoms with Crippen LogP contribution in [0.5, 0.6) is 11.5 Å². The Morgan fingerprint density at radius 1 is 1.21 bits per heavy atom. The summed E-state index contributed by atoms with van der Waals surface area (Å²) >= 11 is 3.48. The lowest BCUT2D eigenvalue weighted by Gasteiger charge is -2.30. The minimum absolute atomic E-state index is 0.359. The van der Waals surface area contributed by atoms with Crippen molar-refractivity contribution in [1.82, 2.24) is 4.90 Å². The van der Waals surface area contributed by atoms with Crippen molar-refractivity contribution in [2.75, 3.05) is 27.3 Å². The van der Waals surface area contributed by atoms with Crippen molar-refractivity contribution < 1.29 is 9.47 Å². The number of likely N-dealkylation sites (tertiary alicyclic amines) is 1. The highest BCUT2D eigenvalue weighted by molar-refractivity contribution is 9.10. The predicted molar refractivity (Wildman–Crippen MR) is 79.7 cm³/mol. The van der Waals surface area contributed by atoms with E-state index in [4.69, 9.17) is 15.2 Å². The summed E-state index contributed by atoms with van der Waals surface area (Å²) in [6.45, 7) is 2.96. The Hall–Kier alpha value is -0.780. The van der Waals surface area contributed by atoms with E-state index in [-0.39, 0.29) is 0 Å². The lowest BCUT2D eigenvalue weighted by Crippen LogP contribution is -2.39. The van der Waals surface area contributed by atoms with Crippen LogP contribution in [0.15, 0.2) is 16.6 Å². The summed E-state index contributed by atoms with van der Waals surface area (Å²) in [6, 6.07) is 4.36. The summed E-state index contributed by atoms with van der Waals surface area (Å²) in [5.41, 5.74) is 7.09. The third-order valence-electron chi connectivity index (χ3n) is 3.58. The summed E-state index contributed by atoms with van der Waals surface area (Å²) in [7, 11) is 3.38. The smallest absolute Gasteiger partial charge is 0.133 e.